The summed E-state index contributed by atoms with van der Waals surface area (Å²) < 4.78 is 13.3. The lowest BCUT2D eigenvalue weighted by Crippen LogP contribution is -2.31. The summed E-state index contributed by atoms with van der Waals surface area (Å²) in [5, 5.41) is 3.88. The highest BCUT2D eigenvalue weighted by molar-refractivity contribution is 6.11. The zero-order chi connectivity index (χ0) is 12.7. The number of carbonyl (C=O) groups excluding carboxylic acids is 1. The average molecular weight is 246 g/mol. The number of H-pyrrole nitrogens is 1. The first-order valence-corrected chi connectivity index (χ1v) is 6.22. The molecule has 1 saturated heterocycles. The standard InChI is InChI=1S/C14H15FN2O/c1-8-13(14(18)12-3-2-6-16-12)10-7-9(15)4-5-11(10)17-8/h4-5,7,12,16-17H,2-3,6H2,1H3. The van der Waals surface area contributed by atoms with Crippen LogP contribution in [0.25, 0.3) is 10.9 Å². The number of hydrogen-bond acceptors (Lipinski definition) is 2. The van der Waals surface area contributed by atoms with Crippen molar-refractivity contribution in [2.75, 3.05) is 6.54 Å². The molecule has 1 aliphatic heterocycles. The van der Waals surface area contributed by atoms with Crippen molar-refractivity contribution < 1.29 is 9.18 Å². The largest absolute Gasteiger partial charge is 0.358 e. The van der Waals surface area contributed by atoms with E-state index in [4.69, 9.17) is 0 Å². The maximum absolute atomic E-state index is 13.3. The predicted molar refractivity (Wildman–Crippen MR) is 68.3 cm³/mol. The molecule has 4 heteroatoms. The summed E-state index contributed by atoms with van der Waals surface area (Å²) in [5.41, 5.74) is 2.26. The quantitative estimate of drug-likeness (QED) is 0.800. The number of rotatable bonds is 2. The van der Waals surface area contributed by atoms with Crippen molar-refractivity contribution in [1.29, 1.82) is 0 Å². The molecule has 18 heavy (non-hydrogen) atoms. The Kier molecular flexibility index (Phi) is 2.67. The molecule has 0 aliphatic carbocycles. The third kappa shape index (κ3) is 1.73. The molecule has 94 valence electrons. The lowest BCUT2D eigenvalue weighted by molar-refractivity contribution is 0.0953. The topological polar surface area (TPSA) is 44.9 Å². The Morgan fingerprint density at radius 1 is 1.44 bits per heavy atom. The summed E-state index contributed by atoms with van der Waals surface area (Å²) in [4.78, 5) is 15.6. The lowest BCUT2D eigenvalue weighted by Gasteiger charge is -2.09. The van der Waals surface area contributed by atoms with Crippen molar-refractivity contribution in [3.05, 3.63) is 35.3 Å². The van der Waals surface area contributed by atoms with E-state index >= 15 is 0 Å². The maximum atomic E-state index is 13.3. The van der Waals surface area contributed by atoms with Gasteiger partial charge in [-0.3, -0.25) is 4.79 Å². The first kappa shape index (κ1) is 11.4. The van der Waals surface area contributed by atoms with Gasteiger partial charge in [-0.1, -0.05) is 0 Å². The fourth-order valence-corrected chi connectivity index (χ4v) is 2.70. The van der Waals surface area contributed by atoms with Gasteiger partial charge in [0.05, 0.1) is 6.04 Å². The number of ketones is 1. The van der Waals surface area contributed by atoms with Crippen molar-refractivity contribution in [3.63, 3.8) is 0 Å². The van der Waals surface area contributed by atoms with E-state index in [1.54, 1.807) is 6.07 Å². The normalized spacial score (nSPS) is 19.6. The summed E-state index contributed by atoms with van der Waals surface area (Å²) in [6, 6.07) is 4.39. The van der Waals surface area contributed by atoms with Crippen LogP contribution in [0.3, 0.4) is 0 Å². The minimum atomic E-state index is -0.310. The van der Waals surface area contributed by atoms with Crippen molar-refractivity contribution >= 4 is 16.7 Å². The second-order valence-electron chi connectivity index (χ2n) is 4.83. The van der Waals surface area contributed by atoms with Gasteiger partial charge in [0.25, 0.3) is 0 Å². The van der Waals surface area contributed by atoms with Gasteiger partial charge in [-0.25, -0.2) is 4.39 Å². The molecule has 0 bridgehead atoms. The van der Waals surface area contributed by atoms with Gasteiger partial charge in [-0.15, -0.1) is 0 Å². The van der Waals surface area contributed by atoms with Crippen LogP contribution in [0.2, 0.25) is 0 Å². The molecule has 2 N–H and O–H groups in total. The summed E-state index contributed by atoms with van der Waals surface area (Å²) in [7, 11) is 0. The number of hydrogen-bond donors (Lipinski definition) is 2. The van der Waals surface area contributed by atoms with Crippen LogP contribution in [0.1, 0.15) is 28.9 Å². The molecule has 1 unspecified atom stereocenters. The number of halogens is 1. The first-order valence-electron chi connectivity index (χ1n) is 6.22. The number of aryl methyl sites for hydroxylation is 1. The lowest BCUT2D eigenvalue weighted by atomic mass is 10.00. The number of carbonyl (C=O) groups is 1. The summed E-state index contributed by atoms with van der Waals surface area (Å²) in [5.74, 6) is -0.239. The van der Waals surface area contributed by atoms with Gasteiger partial charge >= 0.3 is 0 Å². The number of aromatic amines is 1. The number of nitrogens with one attached hydrogen (secondary N) is 2. The molecule has 0 spiro atoms. The highest BCUT2D eigenvalue weighted by atomic mass is 19.1. The van der Waals surface area contributed by atoms with Crippen molar-refractivity contribution in [3.8, 4) is 0 Å². The van der Waals surface area contributed by atoms with Gasteiger partial charge < -0.3 is 10.3 Å². The Morgan fingerprint density at radius 2 is 2.28 bits per heavy atom. The first-order chi connectivity index (χ1) is 8.66. The van der Waals surface area contributed by atoms with Crippen LogP contribution in [0.4, 0.5) is 4.39 Å². The monoisotopic (exact) mass is 246 g/mol. The zero-order valence-corrected chi connectivity index (χ0v) is 10.2. The number of Topliss-reactive ketones (excluding diaryl/α,β-unsaturated/α-hetero) is 1. The SMILES string of the molecule is Cc1[nH]c2ccc(F)cc2c1C(=O)C1CCCN1. The summed E-state index contributed by atoms with van der Waals surface area (Å²) >= 11 is 0. The molecule has 1 aliphatic rings. The number of aromatic nitrogens is 1. The van der Waals surface area contributed by atoms with Crippen LogP contribution in [0.15, 0.2) is 18.2 Å². The Bertz CT molecular complexity index is 612. The van der Waals surface area contributed by atoms with Crippen molar-refractivity contribution in [2.24, 2.45) is 0 Å². The molecule has 1 aromatic carbocycles. The fourth-order valence-electron chi connectivity index (χ4n) is 2.70. The van der Waals surface area contributed by atoms with E-state index in [1.807, 2.05) is 6.92 Å². The average Bonchev–Trinajstić information content (AvgIpc) is 2.94. The predicted octanol–water partition coefficient (Wildman–Crippen LogP) is 2.55. The van der Waals surface area contributed by atoms with Crippen LogP contribution in [-0.2, 0) is 0 Å². The van der Waals surface area contributed by atoms with Crippen LogP contribution in [0.5, 0.6) is 0 Å². The van der Waals surface area contributed by atoms with Gasteiger partial charge in [0, 0.05) is 22.2 Å². The zero-order valence-electron chi connectivity index (χ0n) is 10.2. The minimum Gasteiger partial charge on any atom is -0.358 e. The van der Waals surface area contributed by atoms with Gasteiger partial charge in [0.1, 0.15) is 5.82 Å². The molecule has 1 aromatic heterocycles. The molecule has 2 aromatic rings. The fraction of sp³-hybridized carbons (Fsp3) is 0.357. The highest BCUT2D eigenvalue weighted by Crippen LogP contribution is 2.25. The smallest absolute Gasteiger partial charge is 0.182 e. The van der Waals surface area contributed by atoms with Gasteiger partial charge in [0.2, 0.25) is 0 Å². The molecule has 0 radical (unpaired) electrons. The molecular formula is C14H15FN2O. The molecule has 0 saturated carbocycles. The molecule has 2 heterocycles. The van der Waals surface area contributed by atoms with E-state index in [-0.39, 0.29) is 17.6 Å². The second-order valence-corrected chi connectivity index (χ2v) is 4.83. The Hall–Kier alpha value is -1.68. The third-order valence-electron chi connectivity index (χ3n) is 3.57. The number of fused-ring (bicyclic) bond motifs is 1. The van der Waals surface area contributed by atoms with Crippen LogP contribution >= 0.6 is 0 Å². The van der Waals surface area contributed by atoms with Gasteiger partial charge in [-0.2, -0.15) is 0 Å². The maximum Gasteiger partial charge on any atom is 0.182 e. The Labute approximate surface area is 104 Å². The molecule has 0 amide bonds. The van der Waals surface area contributed by atoms with Gasteiger partial charge in [0.15, 0.2) is 5.78 Å². The summed E-state index contributed by atoms with van der Waals surface area (Å²) in [6.45, 7) is 2.74. The number of benzene rings is 1. The minimum absolute atomic E-state index is 0.0712. The van der Waals surface area contributed by atoms with Crippen molar-refractivity contribution in [1.82, 2.24) is 10.3 Å². The Balaban J connectivity index is 2.12. The van der Waals surface area contributed by atoms with E-state index in [9.17, 15) is 9.18 Å². The van der Waals surface area contributed by atoms with E-state index in [0.29, 0.717) is 10.9 Å². The van der Waals surface area contributed by atoms with E-state index < -0.39 is 0 Å². The van der Waals surface area contributed by atoms with E-state index in [2.05, 4.69) is 10.3 Å². The molecular weight excluding hydrogens is 231 g/mol. The van der Waals surface area contributed by atoms with Crippen LogP contribution in [-0.4, -0.2) is 23.4 Å². The highest BCUT2D eigenvalue weighted by Gasteiger charge is 2.26. The molecule has 1 fully saturated rings. The Morgan fingerprint density at radius 3 is 3.00 bits per heavy atom. The molecule has 3 nitrogen and oxygen atoms in total. The van der Waals surface area contributed by atoms with E-state index in [0.717, 1.165) is 30.6 Å². The van der Waals surface area contributed by atoms with E-state index in [1.165, 1.54) is 12.1 Å². The summed E-state index contributed by atoms with van der Waals surface area (Å²) in [6.07, 6.45) is 1.88. The van der Waals surface area contributed by atoms with Crippen LogP contribution < -0.4 is 5.32 Å². The van der Waals surface area contributed by atoms with Crippen LogP contribution in [0, 0.1) is 12.7 Å². The third-order valence-corrected chi connectivity index (χ3v) is 3.57. The molecule has 1 atom stereocenters. The molecule has 3 rings (SSSR count). The van der Waals surface area contributed by atoms with Gasteiger partial charge in [-0.05, 0) is 44.5 Å². The second kappa shape index (κ2) is 4.21. The van der Waals surface area contributed by atoms with Crippen molar-refractivity contribution in [2.45, 2.75) is 25.8 Å².